The van der Waals surface area contributed by atoms with Crippen LogP contribution in [0.2, 0.25) is 0 Å². The fraction of sp³-hybridized carbons (Fsp3) is 0.833. The maximum absolute atomic E-state index is 10.2. The molecule has 0 bridgehead atoms. The number of carboxylic acid groups (broad SMARTS) is 1. The molecule has 0 aliphatic rings. The number of nitrogens with two attached hydrogens (primary N) is 1. The molecule has 0 aromatic rings. The van der Waals surface area contributed by atoms with E-state index in [2.05, 4.69) is 0 Å². The number of carbonyl (C=O) groups is 1. The molecule has 3 N–H and O–H groups in total. The molecule has 0 saturated carbocycles. The fourth-order valence-corrected chi connectivity index (χ4v) is 0.776. The summed E-state index contributed by atoms with van der Waals surface area (Å²) in [4.78, 5) is 9.66. The molecule has 1 atom stereocenters. The van der Waals surface area contributed by atoms with E-state index >= 15 is 0 Å². The lowest BCUT2D eigenvalue weighted by Gasteiger charge is -2.17. The van der Waals surface area contributed by atoms with Gasteiger partial charge in [0.05, 0.1) is 0 Å². The molecule has 60 valence electrons. The highest BCUT2D eigenvalue weighted by Crippen LogP contribution is 2.18. The van der Waals surface area contributed by atoms with Crippen LogP contribution in [-0.2, 0) is 4.79 Å². The Balaban J connectivity index is 3.80. The summed E-state index contributed by atoms with van der Waals surface area (Å²) in [6.45, 7) is 3.47. The maximum Gasteiger partial charge on any atom is 0.320 e. The van der Waals surface area contributed by atoms with E-state index in [1.807, 2.05) is 0 Å². The van der Waals surface area contributed by atoms with Gasteiger partial charge in [-0.15, -0.1) is 11.6 Å². The minimum Gasteiger partial charge on any atom is -0.480 e. The quantitative estimate of drug-likeness (QED) is 0.609. The van der Waals surface area contributed by atoms with Crippen molar-refractivity contribution in [3.63, 3.8) is 0 Å². The second-order valence-electron chi connectivity index (χ2n) is 2.87. The predicted octanol–water partition coefficient (Wildman–Crippen LogP) is 0.806. The van der Waals surface area contributed by atoms with Crippen molar-refractivity contribution < 1.29 is 9.90 Å². The largest absolute Gasteiger partial charge is 0.480 e. The van der Waals surface area contributed by atoms with E-state index in [4.69, 9.17) is 22.4 Å². The van der Waals surface area contributed by atoms with Crippen LogP contribution in [0.5, 0.6) is 0 Å². The first-order chi connectivity index (χ1) is 4.33. The molecule has 0 aromatic heterocycles. The van der Waals surface area contributed by atoms with Gasteiger partial charge in [0.1, 0.15) is 6.04 Å². The van der Waals surface area contributed by atoms with Gasteiger partial charge in [0.25, 0.3) is 0 Å². The van der Waals surface area contributed by atoms with Crippen molar-refractivity contribution in [3.8, 4) is 0 Å². The summed E-state index contributed by atoms with van der Waals surface area (Å²) in [6.07, 6.45) is 0.282. The molecule has 10 heavy (non-hydrogen) atoms. The normalized spacial score (nSPS) is 14.8. The Morgan fingerprint density at radius 1 is 1.80 bits per heavy atom. The van der Waals surface area contributed by atoms with E-state index in [9.17, 15) is 4.79 Å². The summed E-state index contributed by atoms with van der Waals surface area (Å²) < 4.78 is 0. The number of alkyl halides is 1. The molecule has 0 aromatic carbocycles. The van der Waals surface area contributed by atoms with Gasteiger partial charge >= 0.3 is 5.97 Å². The lowest BCUT2D eigenvalue weighted by Crippen LogP contribution is -2.35. The number of rotatable bonds is 3. The molecule has 0 radical (unpaired) electrons. The molecular weight excluding hydrogens is 154 g/mol. The molecule has 3 nitrogen and oxygen atoms in total. The van der Waals surface area contributed by atoms with Crippen molar-refractivity contribution in [3.05, 3.63) is 0 Å². The van der Waals surface area contributed by atoms with E-state index in [1.54, 1.807) is 13.8 Å². The van der Waals surface area contributed by atoms with E-state index < -0.39 is 16.9 Å². The summed E-state index contributed by atoms with van der Waals surface area (Å²) >= 11 is 5.73. The predicted molar refractivity (Wildman–Crippen MR) is 40.2 cm³/mol. The average Bonchev–Trinajstić information content (AvgIpc) is 1.60. The third-order valence-corrected chi connectivity index (χ3v) is 1.18. The van der Waals surface area contributed by atoms with E-state index in [0.717, 1.165) is 0 Å². The van der Waals surface area contributed by atoms with Gasteiger partial charge in [0.15, 0.2) is 0 Å². The van der Waals surface area contributed by atoms with Gasteiger partial charge in [0.2, 0.25) is 0 Å². The lowest BCUT2D eigenvalue weighted by molar-refractivity contribution is -0.138. The van der Waals surface area contributed by atoms with Gasteiger partial charge in [-0.3, -0.25) is 4.79 Å². The Morgan fingerprint density at radius 2 is 2.20 bits per heavy atom. The minimum absolute atomic E-state index is 0.282. The van der Waals surface area contributed by atoms with Crippen molar-refractivity contribution >= 4 is 17.6 Å². The smallest absolute Gasteiger partial charge is 0.320 e. The summed E-state index contributed by atoms with van der Waals surface area (Å²) in [7, 11) is 0. The van der Waals surface area contributed by atoms with E-state index in [-0.39, 0.29) is 6.42 Å². The zero-order valence-electron chi connectivity index (χ0n) is 6.10. The standard InChI is InChI=1S/C6H12ClNO2/c1-6(2,7)3-4(8)5(9)10/h4H,3,8H2,1-2H3,(H,9,10)/t4-/m1/s1. The van der Waals surface area contributed by atoms with Crippen molar-refractivity contribution in [1.29, 1.82) is 0 Å². The molecule has 0 amide bonds. The molecular formula is C6H12ClNO2. The van der Waals surface area contributed by atoms with Gasteiger partial charge in [-0.2, -0.15) is 0 Å². The topological polar surface area (TPSA) is 63.3 Å². The van der Waals surface area contributed by atoms with E-state index in [1.165, 1.54) is 0 Å². The molecule has 0 saturated heterocycles. The lowest BCUT2D eigenvalue weighted by atomic mass is 10.0. The van der Waals surface area contributed by atoms with Gasteiger partial charge in [-0.1, -0.05) is 0 Å². The van der Waals surface area contributed by atoms with Gasteiger partial charge in [-0.25, -0.2) is 0 Å². The third-order valence-electron chi connectivity index (χ3n) is 1.02. The first-order valence-corrected chi connectivity index (χ1v) is 3.38. The molecule has 0 aliphatic heterocycles. The molecule has 0 rings (SSSR count). The van der Waals surface area contributed by atoms with Gasteiger partial charge < -0.3 is 10.8 Å². The van der Waals surface area contributed by atoms with Crippen molar-refractivity contribution in [2.24, 2.45) is 5.73 Å². The van der Waals surface area contributed by atoms with Crippen LogP contribution in [0, 0.1) is 0 Å². The summed E-state index contributed by atoms with van der Waals surface area (Å²) in [6, 6.07) is -0.854. The summed E-state index contributed by atoms with van der Waals surface area (Å²) in [5.74, 6) is -1.01. The average molecular weight is 166 g/mol. The number of carboxylic acids is 1. The highest BCUT2D eigenvalue weighted by Gasteiger charge is 2.22. The Morgan fingerprint density at radius 3 is 2.30 bits per heavy atom. The number of aliphatic carboxylic acids is 1. The molecule has 0 unspecified atom stereocenters. The van der Waals surface area contributed by atoms with Gasteiger partial charge in [0, 0.05) is 4.87 Å². The zero-order valence-corrected chi connectivity index (χ0v) is 6.85. The van der Waals surface area contributed by atoms with Crippen LogP contribution in [0.1, 0.15) is 20.3 Å². The first-order valence-electron chi connectivity index (χ1n) is 3.00. The number of hydrogen-bond acceptors (Lipinski definition) is 2. The third kappa shape index (κ3) is 4.58. The zero-order chi connectivity index (χ0) is 8.36. The highest BCUT2D eigenvalue weighted by molar-refractivity contribution is 6.23. The summed E-state index contributed by atoms with van der Waals surface area (Å²) in [5.41, 5.74) is 5.22. The first kappa shape index (κ1) is 9.72. The van der Waals surface area contributed by atoms with Crippen LogP contribution in [0.15, 0.2) is 0 Å². The van der Waals surface area contributed by atoms with Gasteiger partial charge in [-0.05, 0) is 20.3 Å². The van der Waals surface area contributed by atoms with Crippen LogP contribution in [0.4, 0.5) is 0 Å². The Bertz CT molecular complexity index is 130. The van der Waals surface area contributed by atoms with Crippen LogP contribution >= 0.6 is 11.6 Å². The molecule has 0 fully saturated rings. The summed E-state index contributed by atoms with van der Waals surface area (Å²) in [5, 5.41) is 8.36. The molecule has 0 heterocycles. The second kappa shape index (κ2) is 3.21. The second-order valence-corrected chi connectivity index (χ2v) is 3.89. The molecule has 0 spiro atoms. The minimum atomic E-state index is -1.01. The number of halogens is 1. The maximum atomic E-state index is 10.2. The Hall–Kier alpha value is -0.280. The Labute approximate surface area is 65.2 Å². The van der Waals surface area contributed by atoms with Crippen LogP contribution in [0.3, 0.4) is 0 Å². The van der Waals surface area contributed by atoms with Crippen molar-refractivity contribution in [2.45, 2.75) is 31.2 Å². The van der Waals surface area contributed by atoms with Crippen LogP contribution < -0.4 is 5.73 Å². The SMILES string of the molecule is CC(C)(Cl)C[C@@H](N)C(=O)O. The monoisotopic (exact) mass is 165 g/mol. The van der Waals surface area contributed by atoms with E-state index in [0.29, 0.717) is 0 Å². The molecule has 4 heteroatoms. The van der Waals surface area contributed by atoms with Crippen molar-refractivity contribution in [1.82, 2.24) is 0 Å². The highest BCUT2D eigenvalue weighted by atomic mass is 35.5. The Kier molecular flexibility index (Phi) is 3.12. The molecule has 0 aliphatic carbocycles. The van der Waals surface area contributed by atoms with Crippen LogP contribution in [-0.4, -0.2) is 22.0 Å². The van der Waals surface area contributed by atoms with Crippen LogP contribution in [0.25, 0.3) is 0 Å². The fourth-order valence-electron chi connectivity index (χ4n) is 0.610. The number of hydrogen-bond donors (Lipinski definition) is 2. The van der Waals surface area contributed by atoms with Crippen molar-refractivity contribution in [2.75, 3.05) is 0 Å².